The standard InChI is InChI=1S/C19H28FN7O/c1-14-23-24-18(25(14)3)12-22-19(21-2)27-9-7-26(8-10-27)13-15-5-6-17(28-4)16(20)11-15/h5-6,11H,7-10,12-13H2,1-4H3,(H,21,22). The predicted octanol–water partition coefficient (Wildman–Crippen LogP) is 1.16. The SMILES string of the molecule is CN=C(NCc1nnc(C)n1C)N1CCN(Cc2ccc(OC)c(F)c2)CC1. The second-order valence-corrected chi connectivity index (χ2v) is 6.86. The zero-order valence-electron chi connectivity index (χ0n) is 16.9. The van der Waals surface area contributed by atoms with E-state index in [0.717, 1.165) is 55.9 Å². The molecule has 0 saturated carbocycles. The van der Waals surface area contributed by atoms with Gasteiger partial charge < -0.3 is 19.5 Å². The van der Waals surface area contributed by atoms with Crippen molar-refractivity contribution in [2.75, 3.05) is 40.3 Å². The Morgan fingerprint density at radius 1 is 1.25 bits per heavy atom. The fraction of sp³-hybridized carbons (Fsp3) is 0.526. The number of aliphatic imine (C=N–C) groups is 1. The van der Waals surface area contributed by atoms with Crippen molar-refractivity contribution in [3.8, 4) is 5.75 Å². The summed E-state index contributed by atoms with van der Waals surface area (Å²) in [6.45, 7) is 6.72. The van der Waals surface area contributed by atoms with E-state index in [4.69, 9.17) is 4.74 Å². The molecule has 2 aromatic rings. The first-order valence-corrected chi connectivity index (χ1v) is 9.37. The Labute approximate surface area is 165 Å². The number of guanidine groups is 1. The molecular weight excluding hydrogens is 361 g/mol. The van der Waals surface area contributed by atoms with Crippen molar-refractivity contribution in [1.82, 2.24) is 29.9 Å². The third-order valence-electron chi connectivity index (χ3n) is 5.09. The fourth-order valence-electron chi connectivity index (χ4n) is 3.28. The molecule has 1 fully saturated rings. The number of hydrogen-bond acceptors (Lipinski definition) is 5. The number of nitrogens with zero attached hydrogens (tertiary/aromatic N) is 6. The van der Waals surface area contributed by atoms with Gasteiger partial charge in [0.05, 0.1) is 13.7 Å². The monoisotopic (exact) mass is 389 g/mol. The number of benzene rings is 1. The van der Waals surface area contributed by atoms with Crippen LogP contribution in [0.2, 0.25) is 0 Å². The molecule has 1 aromatic carbocycles. The molecule has 152 valence electrons. The maximum atomic E-state index is 13.9. The van der Waals surface area contributed by atoms with Gasteiger partial charge in [0.2, 0.25) is 0 Å². The van der Waals surface area contributed by atoms with Crippen LogP contribution < -0.4 is 10.1 Å². The molecule has 28 heavy (non-hydrogen) atoms. The summed E-state index contributed by atoms with van der Waals surface area (Å²) >= 11 is 0. The maximum Gasteiger partial charge on any atom is 0.194 e. The van der Waals surface area contributed by atoms with Crippen molar-refractivity contribution in [3.63, 3.8) is 0 Å². The van der Waals surface area contributed by atoms with Gasteiger partial charge in [-0.05, 0) is 24.6 Å². The molecule has 1 aromatic heterocycles. The van der Waals surface area contributed by atoms with E-state index in [1.165, 1.54) is 7.11 Å². The van der Waals surface area contributed by atoms with Gasteiger partial charge in [0.25, 0.3) is 0 Å². The lowest BCUT2D eigenvalue weighted by atomic mass is 10.2. The molecule has 0 unspecified atom stereocenters. The van der Waals surface area contributed by atoms with Crippen LogP contribution in [0.5, 0.6) is 5.75 Å². The minimum Gasteiger partial charge on any atom is -0.494 e. The minimum absolute atomic E-state index is 0.279. The third kappa shape index (κ3) is 4.59. The molecule has 2 heterocycles. The summed E-state index contributed by atoms with van der Waals surface area (Å²) in [4.78, 5) is 8.94. The average molecular weight is 389 g/mol. The van der Waals surface area contributed by atoms with Gasteiger partial charge in [-0.15, -0.1) is 10.2 Å². The molecule has 0 radical (unpaired) electrons. The lowest BCUT2D eigenvalue weighted by Gasteiger charge is -2.36. The Hall–Kier alpha value is -2.68. The molecule has 0 amide bonds. The van der Waals surface area contributed by atoms with Crippen molar-refractivity contribution in [2.45, 2.75) is 20.0 Å². The van der Waals surface area contributed by atoms with E-state index in [0.29, 0.717) is 6.54 Å². The number of methoxy groups -OCH3 is 1. The van der Waals surface area contributed by atoms with Crippen LogP contribution in [0.4, 0.5) is 4.39 Å². The summed E-state index contributed by atoms with van der Waals surface area (Å²) in [7, 11) is 5.22. The van der Waals surface area contributed by atoms with Gasteiger partial charge in [-0.25, -0.2) is 4.39 Å². The summed E-state index contributed by atoms with van der Waals surface area (Å²) in [6.07, 6.45) is 0. The van der Waals surface area contributed by atoms with Crippen molar-refractivity contribution in [3.05, 3.63) is 41.2 Å². The number of ether oxygens (including phenoxy) is 1. The molecule has 0 aliphatic carbocycles. The fourth-order valence-corrected chi connectivity index (χ4v) is 3.28. The van der Waals surface area contributed by atoms with Gasteiger partial charge in [-0.1, -0.05) is 6.07 Å². The van der Waals surface area contributed by atoms with Crippen LogP contribution >= 0.6 is 0 Å². The van der Waals surface area contributed by atoms with Gasteiger partial charge in [0, 0.05) is 46.8 Å². The highest BCUT2D eigenvalue weighted by atomic mass is 19.1. The van der Waals surface area contributed by atoms with E-state index in [9.17, 15) is 4.39 Å². The lowest BCUT2D eigenvalue weighted by Crippen LogP contribution is -2.52. The molecule has 9 heteroatoms. The summed E-state index contributed by atoms with van der Waals surface area (Å²) in [5.74, 6) is 2.58. The Kier molecular flexibility index (Phi) is 6.45. The zero-order chi connectivity index (χ0) is 20.1. The van der Waals surface area contributed by atoms with Crippen LogP contribution in [0.15, 0.2) is 23.2 Å². The van der Waals surface area contributed by atoms with E-state index in [1.54, 1.807) is 19.2 Å². The van der Waals surface area contributed by atoms with E-state index in [-0.39, 0.29) is 11.6 Å². The van der Waals surface area contributed by atoms with Gasteiger partial charge in [0.15, 0.2) is 23.4 Å². The summed E-state index contributed by atoms with van der Waals surface area (Å²) in [5.41, 5.74) is 0.951. The Morgan fingerprint density at radius 3 is 2.57 bits per heavy atom. The van der Waals surface area contributed by atoms with E-state index < -0.39 is 0 Å². The van der Waals surface area contributed by atoms with Crippen molar-refractivity contribution < 1.29 is 9.13 Å². The first kappa shape index (κ1) is 20.1. The quantitative estimate of drug-likeness (QED) is 0.611. The molecule has 0 atom stereocenters. The lowest BCUT2D eigenvalue weighted by molar-refractivity contribution is 0.172. The van der Waals surface area contributed by atoms with Crippen molar-refractivity contribution >= 4 is 5.96 Å². The second-order valence-electron chi connectivity index (χ2n) is 6.86. The first-order chi connectivity index (χ1) is 13.5. The number of aryl methyl sites for hydroxylation is 1. The Bertz CT molecular complexity index is 828. The predicted molar refractivity (Wildman–Crippen MR) is 106 cm³/mol. The number of aromatic nitrogens is 3. The van der Waals surface area contributed by atoms with E-state index >= 15 is 0 Å². The summed E-state index contributed by atoms with van der Waals surface area (Å²) in [6, 6.07) is 5.15. The molecule has 3 rings (SSSR count). The first-order valence-electron chi connectivity index (χ1n) is 9.37. The number of nitrogens with one attached hydrogen (secondary N) is 1. The van der Waals surface area contributed by atoms with Crippen LogP contribution in [0.25, 0.3) is 0 Å². The highest BCUT2D eigenvalue weighted by Gasteiger charge is 2.20. The highest BCUT2D eigenvalue weighted by Crippen LogP contribution is 2.19. The average Bonchev–Trinajstić information content (AvgIpc) is 3.02. The number of hydrogen-bond donors (Lipinski definition) is 1. The van der Waals surface area contributed by atoms with Crippen LogP contribution in [-0.2, 0) is 20.1 Å². The van der Waals surface area contributed by atoms with Crippen LogP contribution in [0, 0.1) is 12.7 Å². The van der Waals surface area contributed by atoms with E-state index in [2.05, 4.69) is 30.3 Å². The largest absolute Gasteiger partial charge is 0.494 e. The smallest absolute Gasteiger partial charge is 0.194 e. The molecule has 8 nitrogen and oxygen atoms in total. The van der Waals surface area contributed by atoms with Crippen molar-refractivity contribution in [2.24, 2.45) is 12.0 Å². The molecule has 0 spiro atoms. The van der Waals surface area contributed by atoms with Gasteiger partial charge in [0.1, 0.15) is 5.82 Å². The molecule has 1 saturated heterocycles. The molecule has 1 aliphatic rings. The third-order valence-corrected chi connectivity index (χ3v) is 5.09. The summed E-state index contributed by atoms with van der Waals surface area (Å²) in [5, 5.41) is 11.6. The number of piperazine rings is 1. The van der Waals surface area contributed by atoms with Crippen LogP contribution in [0.3, 0.4) is 0 Å². The zero-order valence-corrected chi connectivity index (χ0v) is 16.9. The topological polar surface area (TPSA) is 70.8 Å². The minimum atomic E-state index is -0.317. The maximum absolute atomic E-state index is 13.9. The molecule has 1 aliphatic heterocycles. The van der Waals surface area contributed by atoms with Gasteiger partial charge in [-0.2, -0.15) is 0 Å². The summed E-state index contributed by atoms with van der Waals surface area (Å²) < 4.78 is 20.8. The van der Waals surface area contributed by atoms with Gasteiger partial charge in [-0.3, -0.25) is 9.89 Å². The normalized spacial score (nSPS) is 15.8. The molecular formula is C19H28FN7O. The van der Waals surface area contributed by atoms with Crippen molar-refractivity contribution in [1.29, 1.82) is 0 Å². The highest BCUT2D eigenvalue weighted by molar-refractivity contribution is 5.79. The Balaban J connectivity index is 1.50. The molecule has 1 N–H and O–H groups in total. The van der Waals surface area contributed by atoms with Crippen LogP contribution in [-0.4, -0.2) is 70.9 Å². The number of halogens is 1. The number of rotatable bonds is 5. The second kappa shape index (κ2) is 9.01. The van der Waals surface area contributed by atoms with Gasteiger partial charge >= 0.3 is 0 Å². The van der Waals surface area contributed by atoms with E-state index in [1.807, 2.05) is 24.6 Å². The van der Waals surface area contributed by atoms with Crippen LogP contribution in [0.1, 0.15) is 17.2 Å². The Morgan fingerprint density at radius 2 is 2.00 bits per heavy atom. The molecule has 0 bridgehead atoms.